The van der Waals surface area contributed by atoms with E-state index < -0.39 is 0 Å². The Bertz CT molecular complexity index is 815. The third-order valence-electron chi connectivity index (χ3n) is 4.70. The average Bonchev–Trinajstić information content (AvgIpc) is 3.23. The number of aromatic nitrogens is 3. The minimum absolute atomic E-state index is 0.577. The van der Waals surface area contributed by atoms with Gasteiger partial charge in [0.2, 0.25) is 0 Å². The van der Waals surface area contributed by atoms with Gasteiger partial charge in [0.25, 0.3) is 0 Å². The van der Waals surface area contributed by atoms with Crippen LogP contribution in [-0.2, 0) is 18.4 Å². The van der Waals surface area contributed by atoms with E-state index in [1.54, 1.807) is 0 Å². The van der Waals surface area contributed by atoms with Crippen LogP contribution in [0.25, 0.3) is 11.0 Å². The summed E-state index contributed by atoms with van der Waals surface area (Å²) in [6.07, 6.45) is 4.95. The monoisotopic (exact) mass is 322 g/mol. The van der Waals surface area contributed by atoms with Gasteiger partial charge in [0.1, 0.15) is 0 Å². The standard InChI is InChI=1S/C19H22N4O/c1-22-19-17(11-21-22)18(7-9-20-19)23-10-8-16(12-23)14-24-13-15-5-3-2-4-6-15/h2-7,9,11,16H,8,10,12-14H2,1H3/t16-/m0/s1. The van der Waals surface area contributed by atoms with E-state index in [4.69, 9.17) is 4.74 Å². The maximum atomic E-state index is 5.92. The van der Waals surface area contributed by atoms with Gasteiger partial charge in [-0.2, -0.15) is 5.10 Å². The van der Waals surface area contributed by atoms with Gasteiger partial charge in [-0.05, 0) is 18.1 Å². The zero-order valence-electron chi connectivity index (χ0n) is 13.9. The molecule has 1 aromatic carbocycles. The van der Waals surface area contributed by atoms with Crippen LogP contribution in [0.5, 0.6) is 0 Å². The highest BCUT2D eigenvalue weighted by molar-refractivity contribution is 5.89. The van der Waals surface area contributed by atoms with Crippen molar-refractivity contribution in [3.8, 4) is 0 Å². The smallest absolute Gasteiger partial charge is 0.159 e. The molecule has 4 rings (SSSR count). The molecule has 0 amide bonds. The number of hydrogen-bond acceptors (Lipinski definition) is 4. The number of fused-ring (bicyclic) bond motifs is 1. The van der Waals surface area contributed by atoms with E-state index in [0.29, 0.717) is 12.5 Å². The minimum Gasteiger partial charge on any atom is -0.376 e. The van der Waals surface area contributed by atoms with Gasteiger partial charge in [0.15, 0.2) is 5.65 Å². The van der Waals surface area contributed by atoms with Crippen LogP contribution in [-0.4, -0.2) is 34.5 Å². The van der Waals surface area contributed by atoms with Gasteiger partial charge in [-0.1, -0.05) is 30.3 Å². The summed E-state index contributed by atoms with van der Waals surface area (Å²) in [5, 5.41) is 5.46. The molecule has 0 bridgehead atoms. The summed E-state index contributed by atoms with van der Waals surface area (Å²) in [6, 6.07) is 12.5. The summed E-state index contributed by atoms with van der Waals surface area (Å²) < 4.78 is 7.75. The summed E-state index contributed by atoms with van der Waals surface area (Å²) in [7, 11) is 1.93. The molecule has 1 atom stereocenters. The van der Waals surface area contributed by atoms with Gasteiger partial charge in [-0.25, -0.2) is 4.98 Å². The topological polar surface area (TPSA) is 43.2 Å². The van der Waals surface area contributed by atoms with Crippen LogP contribution in [0.3, 0.4) is 0 Å². The lowest BCUT2D eigenvalue weighted by Gasteiger charge is -2.19. The van der Waals surface area contributed by atoms with Crippen LogP contribution in [0.1, 0.15) is 12.0 Å². The lowest BCUT2D eigenvalue weighted by molar-refractivity contribution is 0.0929. The first-order valence-electron chi connectivity index (χ1n) is 8.44. The lowest BCUT2D eigenvalue weighted by atomic mass is 10.1. The minimum atomic E-state index is 0.577. The maximum absolute atomic E-state index is 5.92. The van der Waals surface area contributed by atoms with Crippen molar-refractivity contribution in [2.24, 2.45) is 13.0 Å². The zero-order valence-corrected chi connectivity index (χ0v) is 13.9. The van der Waals surface area contributed by atoms with Crippen molar-refractivity contribution >= 4 is 16.7 Å². The largest absolute Gasteiger partial charge is 0.376 e. The van der Waals surface area contributed by atoms with Crippen LogP contribution >= 0.6 is 0 Å². The fourth-order valence-electron chi connectivity index (χ4n) is 3.41. The molecule has 124 valence electrons. The Balaban J connectivity index is 1.37. The van der Waals surface area contributed by atoms with Crippen LogP contribution in [0.2, 0.25) is 0 Å². The molecule has 1 fully saturated rings. The van der Waals surface area contributed by atoms with E-state index in [0.717, 1.165) is 30.7 Å². The summed E-state index contributed by atoms with van der Waals surface area (Å²) in [5.74, 6) is 0.577. The molecule has 1 saturated heterocycles. The van der Waals surface area contributed by atoms with Gasteiger partial charge in [-0.3, -0.25) is 4.68 Å². The van der Waals surface area contributed by atoms with Crippen molar-refractivity contribution in [3.05, 3.63) is 54.4 Å². The highest BCUT2D eigenvalue weighted by Gasteiger charge is 2.24. The number of ether oxygens (including phenoxy) is 1. The Kier molecular flexibility index (Phi) is 4.17. The van der Waals surface area contributed by atoms with Gasteiger partial charge < -0.3 is 9.64 Å². The second-order valence-electron chi connectivity index (χ2n) is 6.44. The predicted octanol–water partition coefficient (Wildman–Crippen LogP) is 3.01. The van der Waals surface area contributed by atoms with Gasteiger partial charge >= 0.3 is 0 Å². The summed E-state index contributed by atoms with van der Waals surface area (Å²) in [4.78, 5) is 6.86. The van der Waals surface area contributed by atoms with Crippen LogP contribution in [0, 0.1) is 5.92 Å². The second kappa shape index (κ2) is 6.61. The van der Waals surface area contributed by atoms with Crippen molar-refractivity contribution in [1.29, 1.82) is 0 Å². The molecule has 3 aromatic rings. The van der Waals surface area contributed by atoms with E-state index in [1.807, 2.05) is 30.2 Å². The maximum Gasteiger partial charge on any atom is 0.159 e. The normalized spacial score (nSPS) is 17.7. The number of rotatable bonds is 5. The van der Waals surface area contributed by atoms with E-state index in [2.05, 4.69) is 45.3 Å². The van der Waals surface area contributed by atoms with Crippen molar-refractivity contribution in [1.82, 2.24) is 14.8 Å². The van der Waals surface area contributed by atoms with Crippen molar-refractivity contribution in [3.63, 3.8) is 0 Å². The molecule has 0 radical (unpaired) electrons. The number of aryl methyl sites for hydroxylation is 1. The van der Waals surface area contributed by atoms with E-state index in [1.165, 1.54) is 17.7 Å². The zero-order chi connectivity index (χ0) is 16.4. The molecular weight excluding hydrogens is 300 g/mol. The number of benzene rings is 1. The third-order valence-corrected chi connectivity index (χ3v) is 4.70. The van der Waals surface area contributed by atoms with Gasteiger partial charge in [0.05, 0.1) is 30.5 Å². The number of anilines is 1. The van der Waals surface area contributed by atoms with E-state index in [-0.39, 0.29) is 0 Å². The fourth-order valence-corrected chi connectivity index (χ4v) is 3.41. The molecule has 0 saturated carbocycles. The predicted molar refractivity (Wildman–Crippen MR) is 94.9 cm³/mol. The molecular formula is C19H22N4O. The molecule has 0 N–H and O–H groups in total. The van der Waals surface area contributed by atoms with E-state index >= 15 is 0 Å². The lowest BCUT2D eigenvalue weighted by Crippen LogP contribution is -2.21. The Labute approximate surface area is 141 Å². The first-order chi connectivity index (χ1) is 11.8. The molecule has 2 aromatic heterocycles. The molecule has 3 heterocycles. The highest BCUT2D eigenvalue weighted by atomic mass is 16.5. The number of pyridine rings is 1. The van der Waals surface area contributed by atoms with Gasteiger partial charge in [-0.15, -0.1) is 0 Å². The Morgan fingerprint density at radius 3 is 2.96 bits per heavy atom. The Hall–Kier alpha value is -2.40. The quantitative estimate of drug-likeness (QED) is 0.724. The van der Waals surface area contributed by atoms with Crippen LogP contribution in [0.4, 0.5) is 5.69 Å². The Morgan fingerprint density at radius 1 is 1.21 bits per heavy atom. The third kappa shape index (κ3) is 2.99. The summed E-state index contributed by atoms with van der Waals surface area (Å²) >= 11 is 0. The molecule has 0 unspecified atom stereocenters. The molecule has 0 aliphatic carbocycles. The first-order valence-corrected chi connectivity index (χ1v) is 8.44. The van der Waals surface area contributed by atoms with Crippen LogP contribution in [0.15, 0.2) is 48.8 Å². The SMILES string of the molecule is Cn1ncc2c(N3CC[C@H](COCc4ccccc4)C3)ccnc21. The average molecular weight is 322 g/mol. The fraction of sp³-hybridized carbons (Fsp3) is 0.368. The van der Waals surface area contributed by atoms with E-state index in [9.17, 15) is 0 Å². The molecule has 5 nitrogen and oxygen atoms in total. The number of nitrogens with zero attached hydrogens (tertiary/aromatic N) is 4. The number of hydrogen-bond donors (Lipinski definition) is 0. The molecule has 1 aliphatic rings. The van der Waals surface area contributed by atoms with Crippen LogP contribution < -0.4 is 4.90 Å². The summed E-state index contributed by atoms with van der Waals surface area (Å²) in [6.45, 7) is 3.60. The molecule has 0 spiro atoms. The van der Waals surface area contributed by atoms with Crippen molar-refractivity contribution in [2.45, 2.75) is 13.0 Å². The first kappa shape index (κ1) is 15.1. The Morgan fingerprint density at radius 2 is 2.08 bits per heavy atom. The molecule has 5 heteroatoms. The molecule has 24 heavy (non-hydrogen) atoms. The van der Waals surface area contributed by atoms with Gasteiger partial charge in [0, 0.05) is 32.3 Å². The summed E-state index contributed by atoms with van der Waals surface area (Å²) in [5.41, 5.74) is 3.41. The highest BCUT2D eigenvalue weighted by Crippen LogP contribution is 2.29. The second-order valence-corrected chi connectivity index (χ2v) is 6.44. The van der Waals surface area contributed by atoms with Crippen molar-refractivity contribution < 1.29 is 4.74 Å². The van der Waals surface area contributed by atoms with Crippen molar-refractivity contribution in [2.75, 3.05) is 24.6 Å². The molecule has 1 aliphatic heterocycles.